The third kappa shape index (κ3) is 6.55. The van der Waals surface area contributed by atoms with Crippen LogP contribution in [0.1, 0.15) is 26.7 Å². The number of furan rings is 1. The van der Waals surface area contributed by atoms with E-state index in [0.29, 0.717) is 0 Å². The third-order valence-electron chi connectivity index (χ3n) is 8.37. The molecule has 3 heterocycles. The van der Waals surface area contributed by atoms with Gasteiger partial charge in [0.05, 0.1) is 22.4 Å². The van der Waals surface area contributed by atoms with E-state index in [4.69, 9.17) is 10.8 Å². The first-order valence-corrected chi connectivity index (χ1v) is 23.3. The Labute approximate surface area is 300 Å². The van der Waals surface area contributed by atoms with Crippen LogP contribution >= 0.6 is 0 Å². The first-order chi connectivity index (χ1) is 23.1. The molecule has 5 aromatic carbocycles. The van der Waals surface area contributed by atoms with Crippen LogP contribution in [0.3, 0.4) is 0 Å². The average Bonchev–Trinajstić information content (AvgIpc) is 3.67. The molecule has 0 N–H and O–H groups in total. The molecule has 0 fully saturated rings. The zero-order valence-corrected chi connectivity index (χ0v) is 32.2. The summed E-state index contributed by atoms with van der Waals surface area (Å²) in [6, 6.07) is 47.2. The molecule has 0 amide bonds. The zero-order chi connectivity index (χ0) is 33.5. The Morgan fingerprint density at radius 2 is 1.52 bits per heavy atom. The topological polar surface area (TPSA) is 43.9 Å². The Kier molecular flexibility index (Phi) is 9.45. The third-order valence-corrected chi connectivity index (χ3v) is 12.6. The van der Waals surface area contributed by atoms with Crippen LogP contribution in [0.2, 0.25) is 17.3 Å². The average molecular weight is 866 g/mol. The SMILES string of the molecule is [2H]C(C)(C)c1cc(-c2[c-]cccc2)nc[c]1[Ge]([CH3])([CH3])[CH3].[Ir].[c-]1ccc2c(oc3ccccc32)c1-c1nc2ccccc2n1-c1ccccc1. The molecule has 4 nitrogen and oxygen atoms in total. The molecule has 3 aromatic heterocycles. The van der Waals surface area contributed by atoms with Crippen molar-refractivity contribution in [2.24, 2.45) is 0 Å². The van der Waals surface area contributed by atoms with E-state index < -0.39 is 19.2 Å². The van der Waals surface area contributed by atoms with Gasteiger partial charge in [0.2, 0.25) is 0 Å². The second-order valence-corrected chi connectivity index (χ2v) is 23.5. The molecule has 1 radical (unpaired) electrons. The molecule has 0 aliphatic heterocycles. The Morgan fingerprint density at radius 1 is 0.792 bits per heavy atom. The minimum atomic E-state index is -2.03. The number of imidazole rings is 1. The van der Waals surface area contributed by atoms with E-state index >= 15 is 0 Å². The molecule has 0 aliphatic carbocycles. The van der Waals surface area contributed by atoms with Crippen LogP contribution in [-0.2, 0) is 20.1 Å². The molecule has 8 rings (SSSR count). The van der Waals surface area contributed by atoms with Crippen molar-refractivity contribution in [1.29, 1.82) is 0 Å². The molecule has 0 unspecified atom stereocenters. The molecular formula is C42H37GeIrN3O-2. The first-order valence-electron chi connectivity index (χ1n) is 16.4. The molecule has 0 aliphatic rings. The van der Waals surface area contributed by atoms with Crippen molar-refractivity contribution in [3.05, 3.63) is 145 Å². The maximum Gasteiger partial charge on any atom is 0.120 e. The van der Waals surface area contributed by atoms with Crippen LogP contribution in [0.25, 0.3) is 61.3 Å². The van der Waals surface area contributed by atoms with Crippen LogP contribution in [0.15, 0.2) is 132 Å². The molecule has 0 saturated carbocycles. The Hall–Kier alpha value is -4.29. The van der Waals surface area contributed by atoms with Crippen molar-refractivity contribution in [3.8, 4) is 28.3 Å². The van der Waals surface area contributed by atoms with Gasteiger partial charge in [0.1, 0.15) is 5.58 Å². The van der Waals surface area contributed by atoms with E-state index in [1.54, 1.807) is 0 Å². The smallest absolute Gasteiger partial charge is 0.120 e. The van der Waals surface area contributed by atoms with E-state index in [9.17, 15) is 0 Å². The van der Waals surface area contributed by atoms with Gasteiger partial charge >= 0.3 is 120 Å². The Bertz CT molecular complexity index is 2370. The molecule has 0 saturated heterocycles. The van der Waals surface area contributed by atoms with Crippen molar-refractivity contribution in [2.75, 3.05) is 0 Å². The van der Waals surface area contributed by atoms with Gasteiger partial charge in [-0.15, -0.1) is 18.2 Å². The van der Waals surface area contributed by atoms with Crippen LogP contribution in [0.4, 0.5) is 0 Å². The summed E-state index contributed by atoms with van der Waals surface area (Å²) in [5.74, 6) is 7.28. The quantitative estimate of drug-likeness (QED) is 0.128. The molecular weight excluding hydrogens is 827 g/mol. The second-order valence-electron chi connectivity index (χ2n) is 12.9. The monoisotopic (exact) mass is 867 g/mol. The van der Waals surface area contributed by atoms with Crippen LogP contribution in [0.5, 0.6) is 0 Å². The number of pyridine rings is 1. The van der Waals surface area contributed by atoms with Gasteiger partial charge in [-0.3, -0.25) is 4.98 Å². The van der Waals surface area contributed by atoms with Crippen LogP contribution in [0, 0.1) is 12.1 Å². The van der Waals surface area contributed by atoms with Gasteiger partial charge in [0, 0.05) is 31.2 Å². The van der Waals surface area contributed by atoms with Gasteiger partial charge < -0.3 is 8.98 Å². The van der Waals surface area contributed by atoms with Gasteiger partial charge in [0.25, 0.3) is 0 Å². The van der Waals surface area contributed by atoms with Crippen molar-refractivity contribution in [3.63, 3.8) is 0 Å². The Morgan fingerprint density at radius 3 is 2.27 bits per heavy atom. The number of rotatable bonds is 5. The standard InChI is InChI=1S/C25H15N2O.C17H22GeN.Ir/c1-2-9-17(10-3-1)27-22-15-6-5-14-21(22)26-25(27)20-13-8-12-19-18-11-4-7-16-23(18)28-24(19)20;1-13(2)15-11-17(14-9-7-6-8-10-14)19-12-16(15)18(3,4)5;/h1-12,14-16H;6-9,11-13H,1-5H3;/q2*-1;/i;13D;. The van der Waals surface area contributed by atoms with Crippen molar-refractivity contribution < 1.29 is 25.9 Å². The predicted octanol–water partition coefficient (Wildman–Crippen LogP) is 10.6. The fourth-order valence-electron chi connectivity index (χ4n) is 6.06. The van der Waals surface area contributed by atoms with E-state index in [1.165, 1.54) is 4.40 Å². The number of nitrogens with zero attached hydrogens (tertiary/aromatic N) is 3. The summed E-state index contributed by atoms with van der Waals surface area (Å²) in [5.41, 5.74) is 8.65. The normalized spacial score (nSPS) is 12.0. The number of hydrogen-bond acceptors (Lipinski definition) is 3. The van der Waals surface area contributed by atoms with Gasteiger partial charge in [-0.05, 0) is 30.3 Å². The summed E-state index contributed by atoms with van der Waals surface area (Å²) in [5, 5.41) is 2.19. The van der Waals surface area contributed by atoms with Crippen molar-refractivity contribution in [1.82, 2.24) is 14.5 Å². The van der Waals surface area contributed by atoms with E-state index in [1.807, 2.05) is 105 Å². The number of para-hydroxylation sites is 4. The predicted molar refractivity (Wildman–Crippen MR) is 198 cm³/mol. The number of benzene rings is 5. The summed E-state index contributed by atoms with van der Waals surface area (Å²) < 4.78 is 18.2. The molecule has 0 bridgehead atoms. The van der Waals surface area contributed by atoms with Crippen LogP contribution < -0.4 is 4.40 Å². The molecule has 48 heavy (non-hydrogen) atoms. The maximum absolute atomic E-state index is 8.44. The minimum absolute atomic E-state index is 0. The summed E-state index contributed by atoms with van der Waals surface area (Å²) in [7, 11) is 0. The first kappa shape index (κ1) is 32.3. The minimum Gasteiger partial charge on any atom is -0.501 e. The zero-order valence-electron chi connectivity index (χ0n) is 28.7. The number of aromatic nitrogens is 3. The van der Waals surface area contributed by atoms with E-state index in [-0.39, 0.29) is 20.1 Å². The molecule has 0 spiro atoms. The largest absolute Gasteiger partial charge is 0.501 e. The molecule has 0 atom stereocenters. The van der Waals surface area contributed by atoms with Gasteiger partial charge in [0.15, 0.2) is 0 Å². The maximum atomic E-state index is 8.44. The van der Waals surface area contributed by atoms with Gasteiger partial charge in [-0.1, -0.05) is 59.5 Å². The number of fused-ring (bicyclic) bond motifs is 4. The molecule has 241 valence electrons. The van der Waals surface area contributed by atoms with Crippen molar-refractivity contribution in [2.45, 2.75) is 37.0 Å². The number of hydrogen-bond donors (Lipinski definition) is 0. The van der Waals surface area contributed by atoms with Crippen molar-refractivity contribution >= 4 is 50.6 Å². The second kappa shape index (κ2) is 14.1. The fourth-order valence-corrected chi connectivity index (χ4v) is 9.37. The van der Waals surface area contributed by atoms with Gasteiger partial charge in [-0.25, -0.2) is 0 Å². The summed E-state index contributed by atoms with van der Waals surface area (Å²) in [6.07, 6.45) is 2.00. The van der Waals surface area contributed by atoms with Crippen LogP contribution in [-0.4, -0.2) is 27.8 Å². The van der Waals surface area contributed by atoms with E-state index in [2.05, 4.69) is 75.4 Å². The summed E-state index contributed by atoms with van der Waals surface area (Å²) in [6.45, 7) is 3.91. The van der Waals surface area contributed by atoms with E-state index in [0.717, 1.165) is 66.9 Å². The van der Waals surface area contributed by atoms with Gasteiger partial charge in [-0.2, -0.15) is 0 Å². The fraction of sp³-hybridized carbons (Fsp3) is 0.143. The summed E-state index contributed by atoms with van der Waals surface area (Å²) in [4.78, 5) is 9.57. The molecule has 6 heteroatoms. The molecule has 8 aromatic rings. The Balaban J connectivity index is 0.000000177. The summed E-state index contributed by atoms with van der Waals surface area (Å²) >= 11 is -2.03.